The summed E-state index contributed by atoms with van der Waals surface area (Å²) in [5.74, 6) is 0. The fraction of sp³-hybridized carbons (Fsp3) is 0.172. The topological polar surface area (TPSA) is 31.6 Å². The monoisotopic (exact) mass is 558 g/mol. The van der Waals surface area contributed by atoms with Crippen LogP contribution in [0.1, 0.15) is 33.4 Å². The van der Waals surface area contributed by atoms with E-state index in [1.165, 1.54) is 76.7 Å². The standard InChI is InChI=1S/C29H24Br2N2/c1-14-9-22-16(3)18-5-7-28(30)32-26(18)12-24(22)20(14)11-21-15(2)10-23-17(4)19-6-8-29(31)33-27(19)13-25(21)23/h5-10,12-13,32-33H,11H2,1-4H3. The van der Waals surface area contributed by atoms with Gasteiger partial charge in [-0.15, -0.1) is 0 Å². The predicted molar refractivity (Wildman–Crippen MR) is 149 cm³/mol. The smallest absolute Gasteiger partial charge is 0.0824 e. The van der Waals surface area contributed by atoms with Crippen molar-refractivity contribution in [3.63, 3.8) is 0 Å². The van der Waals surface area contributed by atoms with Crippen molar-refractivity contribution in [2.24, 2.45) is 0 Å². The Kier molecular flexibility index (Phi) is 4.76. The SMILES string of the molecule is Cc1cc2c(C)c3ccc(Br)[nH]c3cc2c1Cc1c(C)cc2c(C)c3ccc(Br)[nH]c3cc12. The minimum atomic E-state index is 0.933. The van der Waals surface area contributed by atoms with Gasteiger partial charge in [0.15, 0.2) is 0 Å². The summed E-state index contributed by atoms with van der Waals surface area (Å²) in [6.45, 7) is 8.99. The third kappa shape index (κ3) is 3.18. The summed E-state index contributed by atoms with van der Waals surface area (Å²) in [6.07, 6.45) is 0.933. The van der Waals surface area contributed by atoms with Gasteiger partial charge in [-0.05, 0) is 157 Å². The Bertz CT molecular complexity index is 1620. The summed E-state index contributed by atoms with van der Waals surface area (Å²) in [5, 5.41) is 7.98. The van der Waals surface area contributed by atoms with E-state index in [9.17, 15) is 0 Å². The highest BCUT2D eigenvalue weighted by atomic mass is 79.9. The van der Waals surface area contributed by atoms with Gasteiger partial charge < -0.3 is 9.97 Å². The average Bonchev–Trinajstić information content (AvgIpc) is 3.25. The van der Waals surface area contributed by atoms with Crippen LogP contribution in [-0.4, -0.2) is 9.97 Å². The van der Waals surface area contributed by atoms with Crippen LogP contribution in [0, 0.1) is 27.7 Å². The number of aryl methyl sites for hydroxylation is 4. The summed E-state index contributed by atoms with van der Waals surface area (Å²) in [4.78, 5) is 7.00. The summed E-state index contributed by atoms with van der Waals surface area (Å²) in [5.41, 5.74) is 10.6. The number of nitrogens with one attached hydrogen (secondary N) is 2. The molecule has 0 bridgehead atoms. The molecule has 164 valence electrons. The van der Waals surface area contributed by atoms with Crippen LogP contribution in [0.15, 0.2) is 57.7 Å². The Morgan fingerprint density at radius 2 is 0.970 bits per heavy atom. The van der Waals surface area contributed by atoms with Gasteiger partial charge in [0.2, 0.25) is 0 Å². The van der Waals surface area contributed by atoms with Crippen LogP contribution in [0.25, 0.3) is 43.4 Å². The lowest BCUT2D eigenvalue weighted by Gasteiger charge is -2.10. The maximum Gasteiger partial charge on any atom is 0.0824 e. The molecule has 0 saturated heterocycles. The molecule has 6 rings (SSSR count). The molecule has 0 saturated carbocycles. The van der Waals surface area contributed by atoms with E-state index in [0.717, 1.165) is 15.6 Å². The number of fused-ring (bicyclic) bond motifs is 4. The van der Waals surface area contributed by atoms with Crippen molar-refractivity contribution >= 4 is 75.2 Å². The minimum absolute atomic E-state index is 0.933. The first-order valence-corrected chi connectivity index (χ1v) is 12.8. The van der Waals surface area contributed by atoms with Crippen molar-refractivity contribution in [1.82, 2.24) is 9.97 Å². The second-order valence-corrected chi connectivity index (χ2v) is 11.0. The number of benzene rings is 2. The normalized spacial score (nSPS) is 12.1. The van der Waals surface area contributed by atoms with E-state index in [0.29, 0.717) is 0 Å². The lowest BCUT2D eigenvalue weighted by Crippen LogP contribution is -1.92. The second kappa shape index (κ2) is 7.48. The third-order valence-electron chi connectivity index (χ3n) is 7.33. The number of pyridine rings is 2. The van der Waals surface area contributed by atoms with Crippen LogP contribution in [-0.2, 0) is 6.42 Å². The molecule has 2 aromatic heterocycles. The molecule has 2 heterocycles. The van der Waals surface area contributed by atoms with Gasteiger partial charge in [-0.1, -0.05) is 12.1 Å². The van der Waals surface area contributed by atoms with E-state index in [1.54, 1.807) is 0 Å². The third-order valence-corrected chi connectivity index (χ3v) is 8.26. The zero-order valence-corrected chi connectivity index (χ0v) is 22.3. The molecule has 0 aliphatic heterocycles. The molecule has 2 N–H and O–H groups in total. The summed E-state index contributed by atoms with van der Waals surface area (Å²) < 4.78 is 2.00. The van der Waals surface area contributed by atoms with Gasteiger partial charge in [-0.25, -0.2) is 0 Å². The van der Waals surface area contributed by atoms with Gasteiger partial charge in [-0.2, -0.15) is 0 Å². The van der Waals surface area contributed by atoms with E-state index < -0.39 is 0 Å². The Labute approximate surface area is 209 Å². The van der Waals surface area contributed by atoms with E-state index in [1.807, 2.05) is 0 Å². The number of aromatic nitrogens is 2. The predicted octanol–water partition coefficient (Wildman–Crippen LogP) is 9.31. The number of H-pyrrole nitrogens is 2. The quantitative estimate of drug-likeness (QED) is 0.198. The van der Waals surface area contributed by atoms with Gasteiger partial charge in [0.1, 0.15) is 0 Å². The zero-order valence-electron chi connectivity index (χ0n) is 19.1. The Morgan fingerprint density at radius 3 is 1.39 bits per heavy atom. The summed E-state index contributed by atoms with van der Waals surface area (Å²) in [7, 11) is 0. The maximum absolute atomic E-state index is 3.60. The van der Waals surface area contributed by atoms with E-state index in [4.69, 9.17) is 0 Å². The zero-order chi connectivity index (χ0) is 23.0. The van der Waals surface area contributed by atoms with Crippen LogP contribution < -0.4 is 0 Å². The molecule has 6 aromatic rings. The molecule has 4 heteroatoms. The lowest BCUT2D eigenvalue weighted by atomic mass is 9.96. The summed E-state index contributed by atoms with van der Waals surface area (Å²) in [6, 6.07) is 18.0. The molecule has 33 heavy (non-hydrogen) atoms. The van der Waals surface area contributed by atoms with E-state index >= 15 is 0 Å². The van der Waals surface area contributed by atoms with Crippen LogP contribution >= 0.6 is 31.9 Å². The van der Waals surface area contributed by atoms with Gasteiger partial charge >= 0.3 is 0 Å². The lowest BCUT2D eigenvalue weighted by molar-refractivity contribution is 1.19. The van der Waals surface area contributed by atoms with Crippen molar-refractivity contribution in [2.45, 2.75) is 34.1 Å². The Morgan fingerprint density at radius 1 is 0.545 bits per heavy atom. The van der Waals surface area contributed by atoms with Crippen molar-refractivity contribution in [2.75, 3.05) is 0 Å². The van der Waals surface area contributed by atoms with Crippen LogP contribution in [0.2, 0.25) is 0 Å². The van der Waals surface area contributed by atoms with Gasteiger partial charge in [0.05, 0.1) is 9.21 Å². The molecule has 2 nitrogen and oxygen atoms in total. The number of aromatic amines is 2. The fourth-order valence-electron chi connectivity index (χ4n) is 5.54. The second-order valence-electron chi connectivity index (χ2n) is 9.25. The first-order chi connectivity index (χ1) is 15.8. The van der Waals surface area contributed by atoms with E-state index in [2.05, 4.69) is 118 Å². The van der Waals surface area contributed by atoms with Gasteiger partial charge in [0, 0.05) is 21.8 Å². The summed E-state index contributed by atoms with van der Waals surface area (Å²) >= 11 is 7.20. The van der Waals surface area contributed by atoms with Crippen molar-refractivity contribution < 1.29 is 0 Å². The molecule has 0 aliphatic carbocycles. The molecule has 0 aliphatic rings. The average molecular weight is 560 g/mol. The first kappa shape index (κ1) is 21.0. The highest BCUT2D eigenvalue weighted by Gasteiger charge is 2.18. The maximum atomic E-state index is 3.60. The van der Waals surface area contributed by atoms with E-state index in [-0.39, 0.29) is 0 Å². The van der Waals surface area contributed by atoms with Crippen molar-refractivity contribution in [3.8, 4) is 0 Å². The molecule has 0 fully saturated rings. The molecule has 4 aromatic carbocycles. The molecule has 0 radical (unpaired) electrons. The van der Waals surface area contributed by atoms with Crippen molar-refractivity contribution in [1.29, 1.82) is 0 Å². The van der Waals surface area contributed by atoms with Gasteiger partial charge in [0.25, 0.3) is 0 Å². The Balaban J connectivity index is 1.60. The number of halogens is 2. The van der Waals surface area contributed by atoms with Crippen LogP contribution in [0.5, 0.6) is 0 Å². The first-order valence-electron chi connectivity index (χ1n) is 11.2. The largest absolute Gasteiger partial charge is 0.349 e. The highest BCUT2D eigenvalue weighted by molar-refractivity contribution is 9.10. The fourth-order valence-corrected chi connectivity index (χ4v) is 6.23. The minimum Gasteiger partial charge on any atom is -0.349 e. The molecule has 0 spiro atoms. The number of hydrogen-bond acceptors (Lipinski definition) is 0. The Hall–Kier alpha value is -2.56. The molecular weight excluding hydrogens is 536 g/mol. The van der Waals surface area contributed by atoms with Crippen LogP contribution in [0.4, 0.5) is 0 Å². The number of hydrogen-bond donors (Lipinski definition) is 2. The number of rotatable bonds is 2. The van der Waals surface area contributed by atoms with Crippen molar-refractivity contribution in [3.05, 3.63) is 91.1 Å². The van der Waals surface area contributed by atoms with Gasteiger partial charge in [-0.3, -0.25) is 0 Å². The highest BCUT2D eigenvalue weighted by Crippen LogP contribution is 2.38. The van der Waals surface area contributed by atoms with Crippen LogP contribution in [0.3, 0.4) is 0 Å². The molecule has 0 unspecified atom stereocenters. The molecular formula is C29H24Br2N2. The molecule has 0 amide bonds. The molecule has 0 atom stereocenters.